The molecule has 1 aliphatic rings. The van der Waals surface area contributed by atoms with Crippen LogP contribution in [0.4, 0.5) is 0 Å². The van der Waals surface area contributed by atoms with Crippen LogP contribution in [-0.2, 0) is 6.42 Å². The van der Waals surface area contributed by atoms with Gasteiger partial charge in [-0.1, -0.05) is 48.0 Å². The Bertz CT molecular complexity index is 847. The van der Waals surface area contributed by atoms with E-state index in [1.54, 1.807) is 0 Å². The molecule has 3 aromatic rings. The molecule has 1 aromatic heterocycles. The van der Waals surface area contributed by atoms with Gasteiger partial charge in [-0.15, -0.1) is 0 Å². The predicted octanol–water partition coefficient (Wildman–Crippen LogP) is 5.01. The monoisotopic (exact) mass is 306 g/mol. The van der Waals surface area contributed by atoms with Crippen molar-refractivity contribution in [3.63, 3.8) is 0 Å². The average molecular weight is 307 g/mol. The average Bonchev–Trinajstić information content (AvgIpc) is 3.11. The summed E-state index contributed by atoms with van der Waals surface area (Å²) in [7, 11) is 0. The highest BCUT2D eigenvalue weighted by Gasteiger charge is 2.22. The molecule has 1 aliphatic carbocycles. The molecule has 0 saturated carbocycles. The summed E-state index contributed by atoms with van der Waals surface area (Å²) in [4.78, 5) is 0. The first-order valence-corrected chi connectivity index (χ1v) is 7.78. The van der Waals surface area contributed by atoms with Crippen LogP contribution in [0.3, 0.4) is 0 Å². The van der Waals surface area contributed by atoms with Crippen molar-refractivity contribution in [3.8, 4) is 5.69 Å². The summed E-state index contributed by atoms with van der Waals surface area (Å²) < 4.78 is 2.00. The summed E-state index contributed by atoms with van der Waals surface area (Å²) in [5.41, 5.74) is 6.09. The molecule has 0 radical (unpaired) electrons. The van der Waals surface area contributed by atoms with Gasteiger partial charge in [0.2, 0.25) is 0 Å². The Labute approximate surface area is 134 Å². The highest BCUT2D eigenvalue weighted by atomic mass is 35.5. The zero-order valence-electron chi connectivity index (χ0n) is 12.0. The number of aromatic nitrogens is 2. The van der Waals surface area contributed by atoms with Gasteiger partial charge in [-0.2, -0.15) is 5.10 Å². The second kappa shape index (κ2) is 5.47. The highest BCUT2D eigenvalue weighted by Crippen LogP contribution is 2.35. The van der Waals surface area contributed by atoms with Crippen LogP contribution < -0.4 is 0 Å². The minimum atomic E-state index is 0.730. The Kier molecular flexibility index (Phi) is 3.32. The molecule has 108 valence electrons. The van der Waals surface area contributed by atoms with Crippen LogP contribution in [-0.4, -0.2) is 9.78 Å². The molecule has 4 rings (SSSR count). The quantitative estimate of drug-likeness (QED) is 0.650. The molecule has 3 heteroatoms. The summed E-state index contributed by atoms with van der Waals surface area (Å²) in [6, 6.07) is 18.3. The van der Waals surface area contributed by atoms with Crippen LogP contribution in [0.5, 0.6) is 0 Å². The van der Waals surface area contributed by atoms with Gasteiger partial charge in [0.15, 0.2) is 0 Å². The van der Waals surface area contributed by atoms with Gasteiger partial charge in [0.05, 0.1) is 17.6 Å². The predicted molar refractivity (Wildman–Crippen MR) is 91.2 cm³/mol. The smallest absolute Gasteiger partial charge is 0.0733 e. The van der Waals surface area contributed by atoms with Crippen molar-refractivity contribution >= 4 is 23.3 Å². The maximum Gasteiger partial charge on any atom is 0.0733 e. The van der Waals surface area contributed by atoms with E-state index in [9.17, 15) is 0 Å². The molecule has 1 heterocycles. The lowest BCUT2D eigenvalue weighted by atomic mass is 10.1. The van der Waals surface area contributed by atoms with E-state index in [1.165, 1.54) is 22.4 Å². The Balaban J connectivity index is 1.82. The number of nitrogens with zero attached hydrogens (tertiary/aromatic N) is 2. The van der Waals surface area contributed by atoms with Gasteiger partial charge in [0.1, 0.15) is 0 Å². The topological polar surface area (TPSA) is 17.8 Å². The van der Waals surface area contributed by atoms with Gasteiger partial charge in [0.25, 0.3) is 0 Å². The minimum absolute atomic E-state index is 0.730. The van der Waals surface area contributed by atoms with Crippen LogP contribution in [0.15, 0.2) is 60.8 Å². The molecular weight excluding hydrogens is 292 g/mol. The lowest BCUT2D eigenvalue weighted by molar-refractivity contribution is 0.865. The van der Waals surface area contributed by atoms with E-state index in [0.29, 0.717) is 0 Å². The number of halogens is 1. The van der Waals surface area contributed by atoms with Crippen molar-refractivity contribution in [3.05, 3.63) is 82.6 Å². The zero-order chi connectivity index (χ0) is 14.9. The van der Waals surface area contributed by atoms with Gasteiger partial charge in [-0.25, -0.2) is 4.68 Å². The maximum atomic E-state index is 6.12. The number of hydrogen-bond acceptors (Lipinski definition) is 1. The van der Waals surface area contributed by atoms with Crippen LogP contribution in [0.2, 0.25) is 5.02 Å². The van der Waals surface area contributed by atoms with Crippen LogP contribution >= 0.6 is 11.6 Å². The fourth-order valence-electron chi connectivity index (χ4n) is 2.99. The van der Waals surface area contributed by atoms with E-state index in [0.717, 1.165) is 23.6 Å². The number of hydrogen-bond donors (Lipinski definition) is 0. The third-order valence-electron chi connectivity index (χ3n) is 4.01. The first kappa shape index (κ1) is 13.4. The molecule has 0 atom stereocenters. The van der Waals surface area contributed by atoms with Gasteiger partial charge in [-0.05, 0) is 53.8 Å². The van der Waals surface area contributed by atoms with Gasteiger partial charge < -0.3 is 0 Å². The lowest BCUT2D eigenvalue weighted by Crippen LogP contribution is -2.00. The molecule has 22 heavy (non-hydrogen) atoms. The SMILES string of the molecule is Clc1cccc(-n2ncc3c2C(=Cc2ccccc2)CC3)c1. The van der Waals surface area contributed by atoms with Crippen LogP contribution in [0, 0.1) is 0 Å². The fourth-order valence-corrected chi connectivity index (χ4v) is 3.17. The molecule has 0 spiro atoms. The molecule has 2 nitrogen and oxygen atoms in total. The van der Waals surface area contributed by atoms with Gasteiger partial charge in [-0.3, -0.25) is 0 Å². The lowest BCUT2D eigenvalue weighted by Gasteiger charge is -2.08. The van der Waals surface area contributed by atoms with Gasteiger partial charge >= 0.3 is 0 Å². The summed E-state index contributed by atoms with van der Waals surface area (Å²) in [6.07, 6.45) is 6.34. The van der Waals surface area contributed by atoms with Crippen molar-refractivity contribution in [2.45, 2.75) is 12.8 Å². The first-order valence-electron chi connectivity index (χ1n) is 7.40. The molecule has 2 aromatic carbocycles. The molecule has 0 aliphatic heterocycles. The highest BCUT2D eigenvalue weighted by molar-refractivity contribution is 6.30. The van der Waals surface area contributed by atoms with E-state index >= 15 is 0 Å². The Hall–Kier alpha value is -2.32. The maximum absolute atomic E-state index is 6.12. The van der Waals surface area contributed by atoms with Crippen molar-refractivity contribution in [2.24, 2.45) is 0 Å². The zero-order valence-corrected chi connectivity index (χ0v) is 12.8. The molecule has 0 bridgehead atoms. The largest absolute Gasteiger partial charge is 0.233 e. The Morgan fingerprint density at radius 3 is 2.68 bits per heavy atom. The second-order valence-corrected chi connectivity index (χ2v) is 5.93. The summed E-state index contributed by atoms with van der Waals surface area (Å²) in [5, 5.41) is 5.29. The summed E-state index contributed by atoms with van der Waals surface area (Å²) in [5.74, 6) is 0. The Morgan fingerprint density at radius 2 is 1.86 bits per heavy atom. The second-order valence-electron chi connectivity index (χ2n) is 5.49. The molecule has 0 fully saturated rings. The summed E-state index contributed by atoms with van der Waals surface area (Å²) in [6.45, 7) is 0. The van der Waals surface area contributed by atoms with Crippen LogP contribution in [0.1, 0.15) is 23.2 Å². The normalized spacial score (nSPS) is 15.2. The molecule has 0 unspecified atom stereocenters. The van der Waals surface area contributed by atoms with Gasteiger partial charge in [0, 0.05) is 5.02 Å². The minimum Gasteiger partial charge on any atom is -0.233 e. The fraction of sp³-hybridized carbons (Fsp3) is 0.105. The molecule has 0 amide bonds. The third kappa shape index (κ3) is 2.36. The Morgan fingerprint density at radius 1 is 1.00 bits per heavy atom. The molecule has 0 N–H and O–H groups in total. The number of aryl methyl sites for hydroxylation is 1. The van der Waals surface area contributed by atoms with Crippen LogP contribution in [0.25, 0.3) is 17.3 Å². The van der Waals surface area contributed by atoms with E-state index in [4.69, 9.17) is 11.6 Å². The standard InChI is InChI=1S/C19H15ClN2/c20-17-7-4-8-18(12-17)22-19-15(9-10-16(19)13-21-22)11-14-5-2-1-3-6-14/h1-8,11-13H,9-10H2. The van der Waals surface area contributed by atoms with Crippen molar-refractivity contribution in [2.75, 3.05) is 0 Å². The van der Waals surface area contributed by atoms with Crippen molar-refractivity contribution < 1.29 is 0 Å². The van der Waals surface area contributed by atoms with E-state index < -0.39 is 0 Å². The third-order valence-corrected chi connectivity index (χ3v) is 4.24. The summed E-state index contributed by atoms with van der Waals surface area (Å²) >= 11 is 6.12. The number of rotatable bonds is 2. The van der Waals surface area contributed by atoms with E-state index in [2.05, 4.69) is 35.4 Å². The van der Waals surface area contributed by atoms with E-state index in [1.807, 2.05) is 41.2 Å². The number of fused-ring (bicyclic) bond motifs is 1. The van der Waals surface area contributed by atoms with Crippen molar-refractivity contribution in [1.29, 1.82) is 0 Å². The number of allylic oxidation sites excluding steroid dienone is 1. The molecule has 0 saturated heterocycles. The number of benzene rings is 2. The molecular formula is C19H15ClN2. The van der Waals surface area contributed by atoms with E-state index in [-0.39, 0.29) is 0 Å². The van der Waals surface area contributed by atoms with Crippen molar-refractivity contribution in [1.82, 2.24) is 9.78 Å². The first-order chi connectivity index (χ1) is 10.8.